The zero-order chi connectivity index (χ0) is 15.9. The summed E-state index contributed by atoms with van der Waals surface area (Å²) in [5.41, 5.74) is 2.30. The molecule has 1 aromatic carbocycles. The minimum absolute atomic E-state index is 0. The van der Waals surface area contributed by atoms with Gasteiger partial charge in [0.25, 0.3) is 0 Å². The van der Waals surface area contributed by atoms with E-state index in [1.54, 1.807) is 0 Å². The van der Waals surface area contributed by atoms with Crippen LogP contribution in [0, 0.1) is 6.92 Å². The van der Waals surface area contributed by atoms with Gasteiger partial charge in [0.1, 0.15) is 5.75 Å². The number of aliphatic hydroxyl groups is 1. The van der Waals surface area contributed by atoms with Crippen LogP contribution in [0.25, 0.3) is 0 Å². The molecule has 2 N–H and O–H groups in total. The maximum atomic E-state index is 9.68. The minimum Gasteiger partial charge on any atom is -0.494 e. The molecule has 130 valence electrons. The van der Waals surface area contributed by atoms with Crippen molar-refractivity contribution in [2.75, 3.05) is 26.2 Å². The molecular weight excluding hydrogens is 405 g/mol. The molecule has 2 rings (SSSR count). The minimum atomic E-state index is -0.239. The van der Waals surface area contributed by atoms with Crippen molar-refractivity contribution in [1.82, 2.24) is 10.2 Å². The number of benzene rings is 1. The lowest BCUT2D eigenvalue weighted by atomic mass is 10.1. The molecule has 1 saturated heterocycles. The first-order valence-corrected chi connectivity index (χ1v) is 8.07. The van der Waals surface area contributed by atoms with Crippen LogP contribution in [-0.4, -0.2) is 48.3 Å². The van der Waals surface area contributed by atoms with Crippen LogP contribution in [0.4, 0.5) is 0 Å². The maximum absolute atomic E-state index is 9.68. The van der Waals surface area contributed by atoms with Gasteiger partial charge in [0.15, 0.2) is 5.96 Å². The summed E-state index contributed by atoms with van der Waals surface area (Å²) in [5, 5.41) is 13.0. The topological polar surface area (TPSA) is 57.1 Å². The summed E-state index contributed by atoms with van der Waals surface area (Å²) in [6.07, 6.45) is 0.573. The van der Waals surface area contributed by atoms with Crippen molar-refractivity contribution in [2.45, 2.75) is 39.8 Å². The lowest BCUT2D eigenvalue weighted by Gasteiger charge is -2.21. The number of hydrogen-bond acceptors (Lipinski definition) is 3. The number of β-amino-alcohol motifs (C(OH)–C–C–N with tert-alkyl or cyclic N) is 1. The van der Waals surface area contributed by atoms with E-state index in [4.69, 9.17) is 9.73 Å². The van der Waals surface area contributed by atoms with Crippen molar-refractivity contribution in [2.24, 2.45) is 4.99 Å². The molecule has 1 heterocycles. The van der Waals surface area contributed by atoms with E-state index in [9.17, 15) is 5.11 Å². The second-order valence-electron chi connectivity index (χ2n) is 5.59. The molecule has 0 spiro atoms. The Hall–Kier alpha value is -1.02. The molecule has 1 aromatic rings. The molecule has 1 aliphatic rings. The standard InChI is InChI=1S/C17H27N3O2.HI/c1-4-18-17(20-9-8-15(21)12-20)19-11-14-6-7-16(22-5-2)13(3)10-14;/h6-7,10,15,21H,4-5,8-9,11-12H2,1-3H3,(H,18,19);1H/t15-;/m1./s1. The summed E-state index contributed by atoms with van der Waals surface area (Å²) in [4.78, 5) is 6.82. The van der Waals surface area contributed by atoms with Crippen molar-refractivity contribution in [3.63, 3.8) is 0 Å². The molecule has 6 heteroatoms. The molecule has 0 unspecified atom stereocenters. The highest BCUT2D eigenvalue weighted by atomic mass is 127. The van der Waals surface area contributed by atoms with Gasteiger partial charge in [-0.15, -0.1) is 24.0 Å². The summed E-state index contributed by atoms with van der Waals surface area (Å²) < 4.78 is 5.56. The highest BCUT2D eigenvalue weighted by molar-refractivity contribution is 14.0. The first kappa shape index (κ1) is 20.0. The lowest BCUT2D eigenvalue weighted by Crippen LogP contribution is -2.40. The summed E-state index contributed by atoms with van der Waals surface area (Å²) in [6.45, 7) is 9.76. The Kier molecular flexibility index (Phi) is 8.68. The lowest BCUT2D eigenvalue weighted by molar-refractivity contribution is 0.188. The predicted molar refractivity (Wildman–Crippen MR) is 105 cm³/mol. The average molecular weight is 433 g/mol. The summed E-state index contributed by atoms with van der Waals surface area (Å²) >= 11 is 0. The van der Waals surface area contributed by atoms with Gasteiger partial charge in [-0.05, 0) is 44.4 Å². The van der Waals surface area contributed by atoms with Crippen LogP contribution in [0.3, 0.4) is 0 Å². The van der Waals surface area contributed by atoms with Gasteiger partial charge in [0.05, 0.1) is 19.3 Å². The second-order valence-corrected chi connectivity index (χ2v) is 5.59. The number of halogens is 1. The van der Waals surface area contributed by atoms with Gasteiger partial charge in [-0.25, -0.2) is 4.99 Å². The van der Waals surface area contributed by atoms with E-state index >= 15 is 0 Å². The van der Waals surface area contributed by atoms with Gasteiger partial charge >= 0.3 is 0 Å². The van der Waals surface area contributed by atoms with Crippen molar-refractivity contribution >= 4 is 29.9 Å². The van der Waals surface area contributed by atoms with Crippen LogP contribution < -0.4 is 10.1 Å². The molecule has 23 heavy (non-hydrogen) atoms. The highest BCUT2D eigenvalue weighted by Gasteiger charge is 2.22. The number of aliphatic hydroxyl groups excluding tert-OH is 1. The zero-order valence-corrected chi connectivity index (χ0v) is 16.5. The first-order chi connectivity index (χ1) is 10.6. The average Bonchev–Trinajstić information content (AvgIpc) is 2.92. The molecule has 5 nitrogen and oxygen atoms in total. The number of nitrogens with one attached hydrogen (secondary N) is 1. The van der Waals surface area contributed by atoms with Crippen molar-refractivity contribution in [3.8, 4) is 5.75 Å². The van der Waals surface area contributed by atoms with E-state index in [0.29, 0.717) is 19.7 Å². The maximum Gasteiger partial charge on any atom is 0.194 e. The van der Waals surface area contributed by atoms with Gasteiger partial charge in [0, 0.05) is 19.6 Å². The van der Waals surface area contributed by atoms with Crippen LogP contribution in [0.15, 0.2) is 23.2 Å². The number of hydrogen-bond donors (Lipinski definition) is 2. The Morgan fingerprint density at radius 1 is 1.43 bits per heavy atom. The Balaban J connectivity index is 0.00000264. The largest absolute Gasteiger partial charge is 0.494 e. The van der Waals surface area contributed by atoms with Gasteiger partial charge in [-0.1, -0.05) is 12.1 Å². The highest BCUT2D eigenvalue weighted by Crippen LogP contribution is 2.19. The van der Waals surface area contributed by atoms with Crippen molar-refractivity contribution in [1.29, 1.82) is 0 Å². The van der Waals surface area contributed by atoms with E-state index < -0.39 is 0 Å². The predicted octanol–water partition coefficient (Wildman–Crippen LogP) is 2.54. The van der Waals surface area contributed by atoms with Crippen LogP contribution in [-0.2, 0) is 6.54 Å². The summed E-state index contributed by atoms with van der Waals surface area (Å²) in [5.74, 6) is 1.82. The van der Waals surface area contributed by atoms with Crippen molar-refractivity contribution < 1.29 is 9.84 Å². The van der Waals surface area contributed by atoms with E-state index in [0.717, 1.165) is 42.3 Å². The number of likely N-dealkylation sites (tertiary alicyclic amines) is 1. The van der Waals surface area contributed by atoms with E-state index in [1.807, 2.05) is 13.0 Å². The fraction of sp³-hybridized carbons (Fsp3) is 0.588. The number of guanidine groups is 1. The van der Waals surface area contributed by atoms with Crippen LogP contribution in [0.5, 0.6) is 5.75 Å². The monoisotopic (exact) mass is 433 g/mol. The van der Waals surface area contributed by atoms with Crippen LogP contribution in [0.2, 0.25) is 0 Å². The fourth-order valence-electron chi connectivity index (χ4n) is 2.65. The van der Waals surface area contributed by atoms with Gasteiger partial charge in [-0.2, -0.15) is 0 Å². The van der Waals surface area contributed by atoms with E-state index in [1.165, 1.54) is 0 Å². The molecule has 1 aliphatic heterocycles. The smallest absolute Gasteiger partial charge is 0.194 e. The van der Waals surface area contributed by atoms with Gasteiger partial charge in [0.2, 0.25) is 0 Å². The summed E-state index contributed by atoms with van der Waals surface area (Å²) in [7, 11) is 0. The van der Waals surface area contributed by atoms with Gasteiger partial charge in [-0.3, -0.25) is 0 Å². The molecule has 0 aromatic heterocycles. The molecule has 0 saturated carbocycles. The number of aliphatic imine (C=N–C) groups is 1. The molecule has 1 atom stereocenters. The number of nitrogens with zero attached hydrogens (tertiary/aromatic N) is 2. The van der Waals surface area contributed by atoms with Crippen molar-refractivity contribution in [3.05, 3.63) is 29.3 Å². The molecule has 0 radical (unpaired) electrons. The first-order valence-electron chi connectivity index (χ1n) is 8.07. The molecular formula is C17H28IN3O2. The van der Waals surface area contributed by atoms with Crippen LogP contribution in [0.1, 0.15) is 31.4 Å². The third-order valence-corrected chi connectivity index (χ3v) is 3.75. The Labute approximate surface area is 156 Å². The fourth-order valence-corrected chi connectivity index (χ4v) is 2.65. The second kappa shape index (κ2) is 9.97. The zero-order valence-electron chi connectivity index (χ0n) is 14.2. The molecule has 0 aliphatic carbocycles. The van der Waals surface area contributed by atoms with E-state index in [-0.39, 0.29) is 30.1 Å². The summed E-state index contributed by atoms with van der Waals surface area (Å²) in [6, 6.07) is 6.19. The van der Waals surface area contributed by atoms with Gasteiger partial charge < -0.3 is 20.1 Å². The third-order valence-electron chi connectivity index (χ3n) is 3.75. The quantitative estimate of drug-likeness (QED) is 0.426. The van der Waals surface area contributed by atoms with Crippen LogP contribution >= 0.6 is 24.0 Å². The normalized spacial score (nSPS) is 17.8. The molecule has 0 bridgehead atoms. The third kappa shape index (κ3) is 5.84. The number of rotatable bonds is 5. The Morgan fingerprint density at radius 3 is 2.78 bits per heavy atom. The number of aryl methyl sites for hydroxylation is 1. The Bertz CT molecular complexity index is 523. The Morgan fingerprint density at radius 2 is 2.22 bits per heavy atom. The molecule has 0 amide bonds. The molecule has 1 fully saturated rings. The van der Waals surface area contributed by atoms with E-state index in [2.05, 4.69) is 36.2 Å². The number of ether oxygens (including phenoxy) is 1. The SMILES string of the molecule is CCNC(=NCc1ccc(OCC)c(C)c1)N1CC[C@@H](O)C1.I.